The van der Waals surface area contributed by atoms with Gasteiger partial charge in [0.05, 0.1) is 18.0 Å². The molecule has 0 radical (unpaired) electrons. The number of ether oxygens (including phenoxy) is 1. The Hall–Kier alpha value is -1.42. The molecule has 0 saturated heterocycles. The summed E-state index contributed by atoms with van der Waals surface area (Å²) in [6.07, 6.45) is 3.73. The van der Waals surface area contributed by atoms with E-state index >= 15 is 0 Å². The predicted molar refractivity (Wildman–Crippen MR) is 50.8 cm³/mol. The van der Waals surface area contributed by atoms with Crippen LogP contribution in [0.5, 0.6) is 0 Å². The molecule has 3 rings (SSSR count). The first-order valence-corrected chi connectivity index (χ1v) is 4.65. The Bertz CT molecular complexity index is 501. The quantitative estimate of drug-likeness (QED) is 0.630. The molecule has 1 aliphatic rings. The molecule has 0 N–H and O–H groups in total. The Morgan fingerprint density at radius 3 is 3.21 bits per heavy atom. The van der Waals surface area contributed by atoms with E-state index in [9.17, 15) is 0 Å². The van der Waals surface area contributed by atoms with Crippen molar-refractivity contribution in [3.8, 4) is 0 Å². The lowest BCUT2D eigenvalue weighted by Crippen LogP contribution is -2.15. The summed E-state index contributed by atoms with van der Waals surface area (Å²) < 4.78 is 7.64. The molecule has 2 aromatic heterocycles. The second-order valence-corrected chi connectivity index (χ2v) is 4.00. The lowest BCUT2D eigenvalue weighted by molar-refractivity contribution is -0.0113. The summed E-state index contributed by atoms with van der Waals surface area (Å²) >= 11 is 0. The number of imidazole rings is 1. The fourth-order valence-corrected chi connectivity index (χ4v) is 1.87. The molecular formula is C10H11N3O. The van der Waals surface area contributed by atoms with Crippen LogP contribution in [0.25, 0.3) is 5.78 Å². The van der Waals surface area contributed by atoms with Crippen LogP contribution in [-0.4, -0.2) is 14.4 Å². The first-order chi connectivity index (χ1) is 6.68. The van der Waals surface area contributed by atoms with E-state index in [0.717, 1.165) is 17.2 Å². The van der Waals surface area contributed by atoms with Gasteiger partial charge in [-0.2, -0.15) is 0 Å². The van der Waals surface area contributed by atoms with Gasteiger partial charge in [0.1, 0.15) is 5.60 Å². The lowest BCUT2D eigenvalue weighted by Gasteiger charge is -2.14. The topological polar surface area (TPSA) is 39.4 Å². The van der Waals surface area contributed by atoms with Crippen LogP contribution >= 0.6 is 0 Å². The van der Waals surface area contributed by atoms with Crippen molar-refractivity contribution in [2.24, 2.45) is 0 Å². The zero-order valence-electron chi connectivity index (χ0n) is 8.19. The number of hydrogen-bond acceptors (Lipinski definition) is 3. The summed E-state index contributed by atoms with van der Waals surface area (Å²) in [6.45, 7) is 4.69. The average Bonchev–Trinajstić information content (AvgIpc) is 2.65. The Balaban J connectivity index is 2.37. The molecule has 1 aliphatic heterocycles. The number of aromatic nitrogens is 3. The summed E-state index contributed by atoms with van der Waals surface area (Å²) in [5.41, 5.74) is 1.86. The number of nitrogens with zero attached hydrogens (tertiary/aromatic N) is 3. The zero-order valence-corrected chi connectivity index (χ0v) is 8.19. The highest BCUT2D eigenvalue weighted by Gasteiger charge is 2.35. The third-order valence-corrected chi connectivity index (χ3v) is 2.64. The third kappa shape index (κ3) is 0.861. The standard InChI is InChI=1S/C10H11N3O/c1-10(2)8-7(6-14-10)13-5-3-4-11-9(13)12-8/h3-5H,6H2,1-2H3. The van der Waals surface area contributed by atoms with E-state index in [4.69, 9.17) is 4.74 Å². The van der Waals surface area contributed by atoms with Gasteiger partial charge in [-0.15, -0.1) is 0 Å². The Labute approximate surface area is 81.6 Å². The minimum absolute atomic E-state index is 0.275. The molecule has 0 spiro atoms. The summed E-state index contributed by atoms with van der Waals surface area (Å²) in [7, 11) is 0. The largest absolute Gasteiger partial charge is 0.363 e. The van der Waals surface area contributed by atoms with Crippen LogP contribution in [0.3, 0.4) is 0 Å². The molecule has 3 heterocycles. The van der Waals surface area contributed by atoms with Crippen molar-refractivity contribution >= 4 is 5.78 Å². The minimum atomic E-state index is -0.275. The second-order valence-electron chi connectivity index (χ2n) is 4.00. The predicted octanol–water partition coefficient (Wildman–Crippen LogP) is 1.49. The van der Waals surface area contributed by atoms with Crippen molar-refractivity contribution < 1.29 is 4.74 Å². The van der Waals surface area contributed by atoms with Crippen molar-refractivity contribution in [1.29, 1.82) is 0 Å². The van der Waals surface area contributed by atoms with Crippen LogP contribution in [0.2, 0.25) is 0 Å². The van der Waals surface area contributed by atoms with Crippen molar-refractivity contribution in [1.82, 2.24) is 14.4 Å². The Kier molecular flexibility index (Phi) is 1.32. The maximum Gasteiger partial charge on any atom is 0.234 e. The number of rotatable bonds is 0. The molecule has 0 amide bonds. The first-order valence-electron chi connectivity index (χ1n) is 4.65. The van der Waals surface area contributed by atoms with Crippen molar-refractivity contribution in [3.05, 3.63) is 29.8 Å². The smallest absolute Gasteiger partial charge is 0.234 e. The molecule has 4 nitrogen and oxygen atoms in total. The van der Waals surface area contributed by atoms with Gasteiger partial charge in [0, 0.05) is 12.4 Å². The summed E-state index contributed by atoms with van der Waals surface area (Å²) in [4.78, 5) is 8.68. The molecule has 0 aromatic carbocycles. The van der Waals surface area contributed by atoms with E-state index in [1.165, 1.54) is 0 Å². The second kappa shape index (κ2) is 2.33. The van der Waals surface area contributed by atoms with Crippen LogP contribution < -0.4 is 0 Å². The maximum atomic E-state index is 5.65. The summed E-state index contributed by atoms with van der Waals surface area (Å²) in [6, 6.07) is 1.90. The van der Waals surface area contributed by atoms with E-state index in [1.807, 2.05) is 30.5 Å². The van der Waals surface area contributed by atoms with Gasteiger partial charge in [-0.25, -0.2) is 9.97 Å². The minimum Gasteiger partial charge on any atom is -0.363 e. The van der Waals surface area contributed by atoms with Crippen LogP contribution in [-0.2, 0) is 16.9 Å². The fourth-order valence-electron chi connectivity index (χ4n) is 1.87. The molecule has 14 heavy (non-hydrogen) atoms. The Morgan fingerprint density at radius 1 is 1.50 bits per heavy atom. The van der Waals surface area contributed by atoms with Gasteiger partial charge in [-0.3, -0.25) is 4.40 Å². The van der Waals surface area contributed by atoms with E-state index in [-0.39, 0.29) is 5.60 Å². The normalized spacial score (nSPS) is 18.7. The molecule has 0 saturated carbocycles. The van der Waals surface area contributed by atoms with E-state index in [2.05, 4.69) is 9.97 Å². The molecule has 2 aromatic rings. The fraction of sp³-hybridized carbons (Fsp3) is 0.400. The van der Waals surface area contributed by atoms with Crippen molar-refractivity contribution in [3.63, 3.8) is 0 Å². The van der Waals surface area contributed by atoms with Gasteiger partial charge < -0.3 is 4.74 Å². The molecule has 4 heteroatoms. The number of hydrogen-bond donors (Lipinski definition) is 0. The van der Waals surface area contributed by atoms with Crippen LogP contribution in [0, 0.1) is 0 Å². The van der Waals surface area contributed by atoms with Gasteiger partial charge in [-0.1, -0.05) is 0 Å². The van der Waals surface area contributed by atoms with E-state index < -0.39 is 0 Å². The maximum absolute atomic E-state index is 5.65. The highest BCUT2D eigenvalue weighted by molar-refractivity contribution is 5.39. The summed E-state index contributed by atoms with van der Waals surface area (Å²) in [5, 5.41) is 0. The van der Waals surface area contributed by atoms with Crippen molar-refractivity contribution in [2.75, 3.05) is 0 Å². The first kappa shape index (κ1) is 7.94. The molecule has 72 valence electrons. The SMILES string of the molecule is CC1(C)OCc2c1nc1ncccn21. The van der Waals surface area contributed by atoms with E-state index in [1.54, 1.807) is 6.20 Å². The highest BCUT2D eigenvalue weighted by Crippen LogP contribution is 2.34. The Morgan fingerprint density at radius 2 is 2.36 bits per heavy atom. The molecule has 0 unspecified atom stereocenters. The molecule has 0 bridgehead atoms. The van der Waals surface area contributed by atoms with Crippen LogP contribution in [0.4, 0.5) is 0 Å². The molecule has 0 fully saturated rings. The average molecular weight is 189 g/mol. The highest BCUT2D eigenvalue weighted by atomic mass is 16.5. The monoisotopic (exact) mass is 189 g/mol. The summed E-state index contributed by atoms with van der Waals surface area (Å²) in [5.74, 6) is 0.758. The lowest BCUT2D eigenvalue weighted by atomic mass is 10.1. The van der Waals surface area contributed by atoms with E-state index in [0.29, 0.717) is 6.61 Å². The van der Waals surface area contributed by atoms with Gasteiger partial charge in [0.25, 0.3) is 0 Å². The zero-order chi connectivity index (χ0) is 9.76. The molecular weight excluding hydrogens is 178 g/mol. The van der Waals surface area contributed by atoms with Crippen LogP contribution in [0.15, 0.2) is 18.5 Å². The van der Waals surface area contributed by atoms with Gasteiger partial charge in [0.15, 0.2) is 0 Å². The third-order valence-electron chi connectivity index (χ3n) is 2.64. The molecule has 0 aliphatic carbocycles. The molecule has 0 atom stereocenters. The van der Waals surface area contributed by atoms with Gasteiger partial charge >= 0.3 is 0 Å². The van der Waals surface area contributed by atoms with Gasteiger partial charge in [-0.05, 0) is 19.9 Å². The van der Waals surface area contributed by atoms with Crippen molar-refractivity contribution in [2.45, 2.75) is 26.1 Å². The number of fused-ring (bicyclic) bond motifs is 3. The van der Waals surface area contributed by atoms with Crippen LogP contribution in [0.1, 0.15) is 25.2 Å². The van der Waals surface area contributed by atoms with Gasteiger partial charge in [0.2, 0.25) is 5.78 Å².